The van der Waals surface area contributed by atoms with E-state index >= 15 is 0 Å². The number of rotatable bonds is 6. The van der Waals surface area contributed by atoms with Gasteiger partial charge >= 0.3 is 0 Å². The molecule has 0 aliphatic heterocycles. The van der Waals surface area contributed by atoms with Crippen LogP contribution in [0.15, 0.2) is 24.8 Å². The van der Waals surface area contributed by atoms with Crippen molar-refractivity contribution in [3.8, 4) is 0 Å². The Kier molecular flexibility index (Phi) is 9.13. The van der Waals surface area contributed by atoms with Crippen LogP contribution in [0.1, 0.15) is 30.9 Å². The molecule has 0 aromatic carbocycles. The Morgan fingerprint density at radius 1 is 0.762 bits per heavy atom. The van der Waals surface area contributed by atoms with Gasteiger partial charge in [-0.05, 0) is 19.3 Å². The smallest absolute Gasteiger partial charge is 0.253 e. The lowest BCUT2D eigenvalue weighted by Gasteiger charge is -2.01. The lowest BCUT2D eigenvalue weighted by molar-refractivity contribution is -0.677. The van der Waals surface area contributed by atoms with Crippen molar-refractivity contribution in [3.05, 3.63) is 36.4 Å². The second-order valence-electron chi connectivity index (χ2n) is 5.36. The molecule has 0 fully saturated rings. The van der Waals surface area contributed by atoms with Crippen LogP contribution < -0.4 is 43.1 Å². The molecule has 0 bridgehead atoms. The van der Waals surface area contributed by atoms with Gasteiger partial charge in [0.15, 0.2) is 0 Å². The molecular weight excluding hydrogens is 396 g/mol. The molecule has 0 aliphatic rings. The van der Waals surface area contributed by atoms with Gasteiger partial charge in [0.2, 0.25) is 0 Å². The summed E-state index contributed by atoms with van der Waals surface area (Å²) in [6.07, 6.45) is 12.4. The third-order valence-electron chi connectivity index (χ3n) is 4.09. The SMILES string of the molecule is Cc1n(CCCCCn2cc[n+](C)c2C)cc[n+]1C.[Br-].[Br-]. The Bertz CT molecular complexity index is 498. The lowest BCUT2D eigenvalue weighted by atomic mass is 10.2. The first kappa shape index (κ1) is 20.4. The van der Waals surface area contributed by atoms with Crippen molar-refractivity contribution in [3.63, 3.8) is 0 Å². The zero-order valence-electron chi connectivity index (χ0n) is 13.4. The molecule has 2 aromatic rings. The van der Waals surface area contributed by atoms with E-state index in [0.717, 1.165) is 13.1 Å². The Morgan fingerprint density at radius 3 is 1.43 bits per heavy atom. The Hall–Kier alpha value is -0.620. The van der Waals surface area contributed by atoms with E-state index < -0.39 is 0 Å². The average Bonchev–Trinajstić information content (AvgIpc) is 2.88. The summed E-state index contributed by atoms with van der Waals surface area (Å²) in [6.45, 7) is 6.60. The van der Waals surface area contributed by atoms with Gasteiger partial charge in [-0.3, -0.25) is 0 Å². The standard InChI is InChI=1S/C15H26N4.2BrH/c1-14-16(3)10-12-18(14)8-6-5-7-9-19-13-11-17(4)15(19)2;;/h10-13H,5-9H2,1-4H3;2*1H/q+2;;/p-2. The van der Waals surface area contributed by atoms with Crippen LogP contribution >= 0.6 is 0 Å². The van der Waals surface area contributed by atoms with Gasteiger partial charge in [-0.2, -0.15) is 0 Å². The second-order valence-corrected chi connectivity index (χ2v) is 5.36. The summed E-state index contributed by atoms with van der Waals surface area (Å²) in [6, 6.07) is 0. The van der Waals surface area contributed by atoms with Crippen molar-refractivity contribution in [2.45, 2.75) is 46.2 Å². The molecule has 0 saturated carbocycles. The summed E-state index contributed by atoms with van der Waals surface area (Å²) < 4.78 is 9.01. The van der Waals surface area contributed by atoms with E-state index in [-0.39, 0.29) is 34.0 Å². The van der Waals surface area contributed by atoms with Crippen LogP contribution in [0.25, 0.3) is 0 Å². The molecule has 0 amide bonds. The molecule has 21 heavy (non-hydrogen) atoms. The monoisotopic (exact) mass is 420 g/mol. The molecule has 0 atom stereocenters. The van der Waals surface area contributed by atoms with E-state index in [4.69, 9.17) is 0 Å². The molecule has 0 unspecified atom stereocenters. The van der Waals surface area contributed by atoms with Gasteiger partial charge in [-0.1, -0.05) is 0 Å². The van der Waals surface area contributed by atoms with Gasteiger partial charge in [-0.15, -0.1) is 0 Å². The van der Waals surface area contributed by atoms with E-state index in [1.807, 2.05) is 0 Å². The summed E-state index contributed by atoms with van der Waals surface area (Å²) in [4.78, 5) is 0. The second kappa shape index (κ2) is 9.41. The molecule has 0 radical (unpaired) electrons. The van der Waals surface area contributed by atoms with Crippen molar-refractivity contribution in [1.29, 1.82) is 0 Å². The molecule has 0 spiro atoms. The van der Waals surface area contributed by atoms with Crippen molar-refractivity contribution in [1.82, 2.24) is 9.13 Å². The number of nitrogens with zero attached hydrogens (tertiary/aromatic N) is 4. The van der Waals surface area contributed by atoms with Crippen LogP contribution in [0.3, 0.4) is 0 Å². The summed E-state index contributed by atoms with van der Waals surface area (Å²) in [5, 5.41) is 0. The van der Waals surface area contributed by atoms with Gasteiger partial charge < -0.3 is 34.0 Å². The van der Waals surface area contributed by atoms with Crippen molar-refractivity contribution in [2.24, 2.45) is 14.1 Å². The maximum absolute atomic E-state index is 2.33. The number of aromatic nitrogens is 4. The van der Waals surface area contributed by atoms with Crippen molar-refractivity contribution < 1.29 is 43.1 Å². The zero-order chi connectivity index (χ0) is 13.8. The number of unbranched alkanes of at least 4 members (excludes halogenated alkanes) is 2. The molecule has 4 nitrogen and oxygen atoms in total. The van der Waals surface area contributed by atoms with E-state index in [1.54, 1.807) is 0 Å². The third kappa shape index (κ3) is 5.25. The van der Waals surface area contributed by atoms with Crippen molar-refractivity contribution in [2.75, 3.05) is 0 Å². The highest BCUT2D eigenvalue weighted by atomic mass is 79.9. The van der Waals surface area contributed by atoms with Crippen molar-refractivity contribution >= 4 is 0 Å². The van der Waals surface area contributed by atoms with Gasteiger partial charge in [0.25, 0.3) is 11.6 Å². The summed E-state index contributed by atoms with van der Waals surface area (Å²) in [5.74, 6) is 2.65. The first-order chi connectivity index (χ1) is 9.09. The fourth-order valence-corrected chi connectivity index (χ4v) is 2.41. The molecule has 2 rings (SSSR count). The minimum Gasteiger partial charge on any atom is -1.00 e. The van der Waals surface area contributed by atoms with Crippen LogP contribution in [0.5, 0.6) is 0 Å². The Balaban J connectivity index is 0.00000200. The predicted octanol–water partition coefficient (Wildman–Crippen LogP) is -4.57. The quantitative estimate of drug-likeness (QED) is 0.330. The van der Waals surface area contributed by atoms with E-state index in [2.05, 4.69) is 71.0 Å². The maximum atomic E-state index is 2.33. The predicted molar refractivity (Wildman–Crippen MR) is 74.5 cm³/mol. The molecule has 0 N–H and O–H groups in total. The highest BCUT2D eigenvalue weighted by Crippen LogP contribution is 2.04. The molecule has 2 heterocycles. The fraction of sp³-hybridized carbons (Fsp3) is 0.600. The van der Waals surface area contributed by atoms with Crippen LogP contribution in [0, 0.1) is 13.8 Å². The Morgan fingerprint density at radius 2 is 1.14 bits per heavy atom. The number of halogens is 2. The first-order valence-corrected chi connectivity index (χ1v) is 7.12. The normalized spacial score (nSPS) is 10.1. The topological polar surface area (TPSA) is 17.6 Å². The van der Waals surface area contributed by atoms with E-state index in [1.165, 1.54) is 30.9 Å². The molecular formula is C15H26Br2N4. The summed E-state index contributed by atoms with van der Waals surface area (Å²) >= 11 is 0. The van der Waals surface area contributed by atoms with Crippen LogP contribution in [-0.4, -0.2) is 9.13 Å². The van der Waals surface area contributed by atoms with Gasteiger partial charge in [-0.25, -0.2) is 18.3 Å². The average molecular weight is 422 g/mol. The minimum absolute atomic E-state index is 0. The number of imidazole rings is 2. The zero-order valence-corrected chi connectivity index (χ0v) is 16.6. The van der Waals surface area contributed by atoms with Gasteiger partial charge in [0.05, 0.1) is 27.2 Å². The maximum Gasteiger partial charge on any atom is 0.253 e. The number of hydrogen-bond donors (Lipinski definition) is 0. The fourth-order valence-electron chi connectivity index (χ4n) is 2.41. The van der Waals surface area contributed by atoms with E-state index in [9.17, 15) is 0 Å². The molecule has 6 heteroatoms. The van der Waals surface area contributed by atoms with E-state index in [0.29, 0.717) is 0 Å². The van der Waals surface area contributed by atoms with Gasteiger partial charge in [0.1, 0.15) is 24.8 Å². The van der Waals surface area contributed by atoms with Crippen LogP contribution in [-0.2, 0) is 27.2 Å². The molecule has 0 saturated heterocycles. The number of hydrogen-bond acceptors (Lipinski definition) is 0. The van der Waals surface area contributed by atoms with Crippen LogP contribution in [0.4, 0.5) is 0 Å². The Labute approximate surface area is 148 Å². The molecule has 2 aromatic heterocycles. The third-order valence-corrected chi connectivity index (χ3v) is 4.09. The molecule has 0 aliphatic carbocycles. The molecule has 120 valence electrons. The summed E-state index contributed by atoms with van der Waals surface area (Å²) in [5.41, 5.74) is 0. The highest BCUT2D eigenvalue weighted by Gasteiger charge is 2.09. The van der Waals surface area contributed by atoms with Crippen LogP contribution in [0.2, 0.25) is 0 Å². The highest BCUT2D eigenvalue weighted by molar-refractivity contribution is 4.80. The largest absolute Gasteiger partial charge is 1.00 e. The minimum atomic E-state index is 0. The van der Waals surface area contributed by atoms with Gasteiger partial charge in [0, 0.05) is 13.8 Å². The first-order valence-electron chi connectivity index (χ1n) is 7.12. The lowest BCUT2D eigenvalue weighted by Crippen LogP contribution is -3.00. The number of aryl methyl sites for hydroxylation is 4. The summed E-state index contributed by atoms with van der Waals surface area (Å²) in [7, 11) is 4.20.